The van der Waals surface area contributed by atoms with E-state index in [1.807, 2.05) is 6.92 Å². The Hall–Kier alpha value is -2.10. The zero-order valence-electron chi connectivity index (χ0n) is 17.7. The van der Waals surface area contributed by atoms with Crippen molar-refractivity contribution in [1.82, 2.24) is 9.55 Å². The largest absolute Gasteiger partial charge is 0.467 e. The zero-order chi connectivity index (χ0) is 22.6. The van der Waals surface area contributed by atoms with Gasteiger partial charge in [0.05, 0.1) is 6.42 Å². The first-order valence-electron chi connectivity index (χ1n) is 10.6. The minimum Gasteiger partial charge on any atom is -0.467 e. The predicted octanol–water partition coefficient (Wildman–Crippen LogP) is 3.89. The molecule has 0 bridgehead atoms. The van der Waals surface area contributed by atoms with Gasteiger partial charge in [-0.2, -0.15) is 0 Å². The van der Waals surface area contributed by atoms with E-state index in [0.29, 0.717) is 25.7 Å². The van der Waals surface area contributed by atoms with Crippen molar-refractivity contribution in [2.45, 2.75) is 83.0 Å². The molecule has 2 aliphatic rings. The lowest BCUT2D eigenvalue weighted by atomic mass is 9.86. The van der Waals surface area contributed by atoms with Crippen LogP contribution in [-0.2, 0) is 23.8 Å². The molecule has 3 rings (SSSR count). The normalized spacial score (nSPS) is 26.3. The van der Waals surface area contributed by atoms with Crippen molar-refractivity contribution >= 4 is 29.3 Å². The maximum absolute atomic E-state index is 14.7. The molecule has 2 unspecified atom stereocenters. The predicted molar refractivity (Wildman–Crippen MR) is 110 cm³/mol. The highest BCUT2D eigenvalue weighted by atomic mass is 32.1. The van der Waals surface area contributed by atoms with Crippen LogP contribution < -0.4 is 0 Å². The molecule has 172 valence electrons. The molecular weight excluding hydrogens is 430 g/mol. The summed E-state index contributed by atoms with van der Waals surface area (Å²) in [6.45, 7) is 2.96. The van der Waals surface area contributed by atoms with E-state index in [1.165, 1.54) is 6.33 Å². The van der Waals surface area contributed by atoms with Crippen LogP contribution in [0.1, 0.15) is 58.8 Å². The number of unbranched alkanes of at least 4 members (excludes halogenated alkanes) is 1. The summed E-state index contributed by atoms with van der Waals surface area (Å²) in [5, 5.41) is 0.198. The summed E-state index contributed by atoms with van der Waals surface area (Å²) >= 11 is 5.32. The Morgan fingerprint density at radius 2 is 2.26 bits per heavy atom. The van der Waals surface area contributed by atoms with Crippen molar-refractivity contribution in [2.24, 2.45) is 11.8 Å². The van der Waals surface area contributed by atoms with Crippen LogP contribution in [-0.4, -0.2) is 50.9 Å². The molecule has 0 spiro atoms. The molecule has 1 saturated heterocycles. The average Bonchev–Trinajstić information content (AvgIpc) is 3.40. The Labute approximate surface area is 185 Å². The van der Waals surface area contributed by atoms with Crippen molar-refractivity contribution in [3.63, 3.8) is 0 Å². The van der Waals surface area contributed by atoms with Gasteiger partial charge < -0.3 is 14.2 Å². The molecule has 1 aromatic rings. The number of alkyl halides is 2. The van der Waals surface area contributed by atoms with Crippen LogP contribution in [0.4, 0.5) is 8.78 Å². The van der Waals surface area contributed by atoms with Crippen LogP contribution in [0.2, 0.25) is 0 Å². The fourth-order valence-electron chi connectivity index (χ4n) is 4.52. The number of esters is 2. The number of ether oxygens (including phenoxy) is 3. The molecule has 0 radical (unpaired) electrons. The van der Waals surface area contributed by atoms with Gasteiger partial charge in [-0.25, -0.2) is 13.8 Å². The second kappa shape index (κ2) is 10.0. The molecule has 2 heterocycles. The molecule has 31 heavy (non-hydrogen) atoms. The maximum Gasteiger partial charge on any atom is 0.306 e. The molecule has 7 nitrogen and oxygen atoms in total. The summed E-state index contributed by atoms with van der Waals surface area (Å²) < 4.78 is 47.4. The fraction of sp³-hybridized carbons (Fsp3) is 0.714. The number of carbonyl (C=O) groups is 2. The fourth-order valence-corrected chi connectivity index (χ4v) is 4.76. The molecule has 1 saturated carbocycles. The van der Waals surface area contributed by atoms with E-state index >= 15 is 0 Å². The molecule has 2 fully saturated rings. The quantitative estimate of drug-likeness (QED) is 0.410. The smallest absolute Gasteiger partial charge is 0.306 e. The van der Waals surface area contributed by atoms with E-state index in [2.05, 4.69) is 4.98 Å². The third-order valence-corrected chi connectivity index (χ3v) is 6.33. The summed E-state index contributed by atoms with van der Waals surface area (Å²) in [4.78, 5) is 27.2. The Bertz CT molecular complexity index is 789. The van der Waals surface area contributed by atoms with Gasteiger partial charge in [0.25, 0.3) is 11.1 Å². The summed E-state index contributed by atoms with van der Waals surface area (Å²) in [7, 11) is 0. The number of thiocarbonyl (C=S) groups is 1. The molecule has 1 aliphatic heterocycles. The number of halogens is 2. The van der Waals surface area contributed by atoms with Crippen molar-refractivity contribution in [2.75, 3.05) is 0 Å². The second-order valence-corrected chi connectivity index (χ2v) is 8.58. The lowest BCUT2D eigenvalue weighted by Gasteiger charge is -2.29. The third-order valence-electron chi connectivity index (χ3n) is 6.03. The van der Waals surface area contributed by atoms with Crippen molar-refractivity contribution in [3.05, 3.63) is 18.7 Å². The number of carbonyl (C=O) groups excluding carboxylic acids is 2. The maximum atomic E-state index is 14.7. The van der Waals surface area contributed by atoms with Gasteiger partial charge in [0.1, 0.15) is 18.5 Å². The molecular formula is C21H28F2N2O5S. The highest BCUT2D eigenvalue weighted by molar-refractivity contribution is 7.80. The van der Waals surface area contributed by atoms with Crippen molar-refractivity contribution < 1.29 is 32.6 Å². The highest BCUT2D eigenvalue weighted by Crippen LogP contribution is 2.46. The van der Waals surface area contributed by atoms with E-state index < -0.39 is 18.0 Å². The Morgan fingerprint density at radius 1 is 1.48 bits per heavy atom. The first kappa shape index (κ1) is 23.6. The van der Waals surface area contributed by atoms with Crippen molar-refractivity contribution in [3.8, 4) is 0 Å². The van der Waals surface area contributed by atoms with E-state index in [0.717, 1.165) is 6.92 Å². The SMILES string of the molecule is CCCCC(F)(F)C(CC[C@@H]1C2CC(=O)O[C@H]2C[C@H]1OC(=S)n1ccnc1)OC(C)=O. The summed E-state index contributed by atoms with van der Waals surface area (Å²) in [5.74, 6) is -4.51. The molecule has 0 N–H and O–H groups in total. The minimum atomic E-state index is -3.12. The lowest BCUT2D eigenvalue weighted by Crippen LogP contribution is -2.38. The summed E-state index contributed by atoms with van der Waals surface area (Å²) in [6.07, 6.45) is 4.06. The van der Waals surface area contributed by atoms with Crippen molar-refractivity contribution in [1.29, 1.82) is 0 Å². The van der Waals surface area contributed by atoms with Gasteiger partial charge in [0.15, 0.2) is 6.10 Å². The summed E-state index contributed by atoms with van der Waals surface area (Å²) in [5.41, 5.74) is 0. The zero-order valence-corrected chi connectivity index (χ0v) is 18.5. The van der Waals surface area contributed by atoms with E-state index in [4.69, 9.17) is 26.4 Å². The number of nitrogens with zero attached hydrogens (tertiary/aromatic N) is 2. The van der Waals surface area contributed by atoms with Gasteiger partial charge in [-0.15, -0.1) is 0 Å². The number of fused-ring (bicyclic) bond motifs is 1. The first-order valence-corrected chi connectivity index (χ1v) is 11.1. The molecule has 0 aromatic carbocycles. The first-order chi connectivity index (χ1) is 14.7. The number of hydrogen-bond donors (Lipinski definition) is 0. The van der Waals surface area contributed by atoms with Crippen LogP contribution in [0.3, 0.4) is 0 Å². The summed E-state index contributed by atoms with van der Waals surface area (Å²) in [6, 6.07) is 0. The molecule has 0 amide bonds. The van der Waals surface area contributed by atoms with Crippen LogP contribution >= 0.6 is 12.2 Å². The molecule has 1 aromatic heterocycles. The van der Waals surface area contributed by atoms with Gasteiger partial charge in [-0.05, 0) is 31.5 Å². The van der Waals surface area contributed by atoms with E-state index in [9.17, 15) is 18.4 Å². The van der Waals surface area contributed by atoms with Crippen LogP contribution in [0.5, 0.6) is 0 Å². The lowest BCUT2D eigenvalue weighted by molar-refractivity contribution is -0.175. The highest BCUT2D eigenvalue weighted by Gasteiger charge is 2.52. The second-order valence-electron chi connectivity index (χ2n) is 8.23. The standard InChI is InChI=1S/C21H28F2N2O5S/c1-3-4-7-21(22,23)18(28-13(2)26)6-5-14-15-10-19(27)29-17(15)11-16(14)30-20(31)25-9-8-24-12-25/h8-9,12,14-18H,3-7,10-11H2,1-2H3/t14-,15?,16-,17+,18?/m1/s1. The van der Waals surface area contributed by atoms with Gasteiger partial charge in [-0.3, -0.25) is 14.2 Å². The minimum absolute atomic E-state index is 0.0317. The Kier molecular flexibility index (Phi) is 7.61. The number of imidazole rings is 1. The third kappa shape index (κ3) is 5.78. The molecule has 10 heteroatoms. The molecule has 5 atom stereocenters. The van der Waals surface area contributed by atoms with Gasteiger partial charge in [0.2, 0.25) is 0 Å². The number of rotatable bonds is 9. The number of hydrogen-bond acceptors (Lipinski definition) is 7. The van der Waals surface area contributed by atoms with Crippen LogP contribution in [0.15, 0.2) is 18.7 Å². The molecule has 1 aliphatic carbocycles. The van der Waals surface area contributed by atoms with Gasteiger partial charge in [-0.1, -0.05) is 13.3 Å². The van der Waals surface area contributed by atoms with Crippen LogP contribution in [0, 0.1) is 11.8 Å². The van der Waals surface area contributed by atoms with E-state index in [-0.39, 0.29) is 54.5 Å². The van der Waals surface area contributed by atoms with E-state index in [1.54, 1.807) is 17.0 Å². The average molecular weight is 459 g/mol. The van der Waals surface area contributed by atoms with Crippen LogP contribution in [0.25, 0.3) is 0 Å². The van der Waals surface area contributed by atoms with Gasteiger partial charge in [0, 0.05) is 44.0 Å². The Balaban J connectivity index is 1.71. The van der Waals surface area contributed by atoms with Gasteiger partial charge >= 0.3 is 11.9 Å². The Morgan fingerprint density at radius 3 is 2.90 bits per heavy atom. The monoisotopic (exact) mass is 458 g/mol. The number of aromatic nitrogens is 2. The topological polar surface area (TPSA) is 79.7 Å².